The molecule has 0 radical (unpaired) electrons. The first-order valence-electron chi connectivity index (χ1n) is 10.9. The van der Waals surface area contributed by atoms with Gasteiger partial charge in [-0.3, -0.25) is 0 Å². The minimum Gasteiger partial charge on any atom is -0.355 e. The minimum absolute atomic E-state index is 0.606. The van der Waals surface area contributed by atoms with Gasteiger partial charge in [-0.1, -0.05) is 0 Å². The molecule has 30 heavy (non-hydrogen) atoms. The lowest BCUT2D eigenvalue weighted by Gasteiger charge is -2.00. The molecule has 2 aliphatic heterocycles. The van der Waals surface area contributed by atoms with Crippen LogP contribution in [-0.2, 0) is 0 Å². The van der Waals surface area contributed by atoms with Crippen LogP contribution in [0.4, 0.5) is 0 Å². The van der Waals surface area contributed by atoms with E-state index in [0.29, 0.717) is 11.8 Å². The summed E-state index contributed by atoms with van der Waals surface area (Å²) in [6.45, 7) is 0. The molecule has 4 heteroatoms. The highest BCUT2D eigenvalue weighted by Gasteiger charge is 2.29. The largest absolute Gasteiger partial charge is 0.355 e. The molecule has 7 rings (SSSR count). The van der Waals surface area contributed by atoms with Crippen LogP contribution in [0.25, 0.3) is 46.4 Å². The minimum atomic E-state index is 0.606. The molecular weight excluding hydrogens is 368 g/mol. The summed E-state index contributed by atoms with van der Waals surface area (Å²) in [6, 6.07) is 13.0. The number of aromatic nitrogens is 4. The third kappa shape index (κ3) is 2.75. The summed E-state index contributed by atoms with van der Waals surface area (Å²) < 4.78 is 0. The molecule has 2 N–H and O–H groups in total. The number of H-pyrrole nitrogens is 2. The zero-order chi connectivity index (χ0) is 19.7. The molecule has 4 aliphatic rings. The Morgan fingerprint density at radius 2 is 1.07 bits per heavy atom. The third-order valence-electron chi connectivity index (χ3n) is 6.45. The van der Waals surface area contributed by atoms with Gasteiger partial charge < -0.3 is 9.97 Å². The fourth-order valence-corrected chi connectivity index (χ4v) is 4.72. The molecule has 2 aliphatic carbocycles. The number of aromatic amines is 2. The monoisotopic (exact) mass is 390 g/mol. The first-order chi connectivity index (χ1) is 14.8. The van der Waals surface area contributed by atoms with Gasteiger partial charge in [0.2, 0.25) is 0 Å². The first kappa shape index (κ1) is 16.4. The van der Waals surface area contributed by atoms with E-state index in [1.807, 2.05) is 0 Å². The second-order valence-electron chi connectivity index (χ2n) is 8.83. The van der Waals surface area contributed by atoms with Gasteiger partial charge in [0, 0.05) is 33.2 Å². The molecule has 3 aromatic rings. The molecule has 2 fully saturated rings. The molecule has 2 saturated carbocycles. The molecule has 0 amide bonds. The Labute approximate surface area is 174 Å². The predicted molar refractivity (Wildman–Crippen MR) is 123 cm³/mol. The van der Waals surface area contributed by atoms with Crippen molar-refractivity contribution in [1.29, 1.82) is 0 Å². The van der Waals surface area contributed by atoms with Gasteiger partial charge in [0.05, 0.1) is 22.8 Å². The topological polar surface area (TPSA) is 57.4 Å². The molecule has 0 saturated heterocycles. The van der Waals surface area contributed by atoms with Crippen molar-refractivity contribution >= 4 is 46.4 Å². The maximum Gasteiger partial charge on any atom is 0.0693 e. The maximum atomic E-state index is 4.97. The van der Waals surface area contributed by atoms with E-state index in [2.05, 4.69) is 70.7 Å². The van der Waals surface area contributed by atoms with Crippen LogP contribution in [0.15, 0.2) is 36.4 Å². The highest BCUT2D eigenvalue weighted by Crippen LogP contribution is 2.45. The number of hydrogen-bond donors (Lipinski definition) is 2. The van der Waals surface area contributed by atoms with Gasteiger partial charge >= 0.3 is 0 Å². The zero-order valence-electron chi connectivity index (χ0n) is 16.7. The standard InChI is InChI=1S/C26H22N4/c1-2-15(1)25-21-9-5-17(27-21)13-19-7-11-23(29-19)26(16-3-4-16)24-12-8-20(30-24)14-18-6-10-22(25)28-18/h5-16,27,30H,1-4H2. The maximum absolute atomic E-state index is 4.97. The van der Waals surface area contributed by atoms with E-state index in [-0.39, 0.29) is 0 Å². The summed E-state index contributed by atoms with van der Waals surface area (Å²) in [5.41, 5.74) is 11.4. The molecule has 4 nitrogen and oxygen atoms in total. The first-order valence-corrected chi connectivity index (χ1v) is 10.9. The van der Waals surface area contributed by atoms with Crippen molar-refractivity contribution in [2.75, 3.05) is 0 Å². The van der Waals surface area contributed by atoms with Crippen molar-refractivity contribution < 1.29 is 0 Å². The van der Waals surface area contributed by atoms with Gasteiger partial charge in [0.15, 0.2) is 0 Å². The van der Waals surface area contributed by atoms with Crippen LogP contribution in [0.1, 0.15) is 71.4 Å². The van der Waals surface area contributed by atoms with Gasteiger partial charge in [0.25, 0.3) is 0 Å². The van der Waals surface area contributed by atoms with Crippen LogP contribution in [0, 0.1) is 0 Å². The second-order valence-corrected chi connectivity index (χ2v) is 8.83. The van der Waals surface area contributed by atoms with Gasteiger partial charge in [-0.15, -0.1) is 0 Å². The SMILES string of the molecule is C1=Cc2nc1cc1ccc([nH]1)c(C1CC1)c1nc(cc3ccc([nH]3)c2C2CC2)C=C1. The molecule has 0 unspecified atom stereocenters. The van der Waals surface area contributed by atoms with Crippen LogP contribution >= 0.6 is 0 Å². The van der Waals surface area contributed by atoms with Gasteiger partial charge in [-0.25, -0.2) is 9.97 Å². The molecule has 146 valence electrons. The highest BCUT2D eigenvalue weighted by molar-refractivity contribution is 5.81. The Bertz CT molecular complexity index is 1300. The molecule has 5 heterocycles. The molecule has 0 aromatic carbocycles. The summed E-state index contributed by atoms with van der Waals surface area (Å²) in [6.07, 6.45) is 13.6. The summed E-state index contributed by atoms with van der Waals surface area (Å²) in [4.78, 5) is 17.2. The summed E-state index contributed by atoms with van der Waals surface area (Å²) in [7, 11) is 0. The molecule has 8 bridgehead atoms. The molecule has 0 spiro atoms. The molecular formula is C26H22N4. The lowest BCUT2D eigenvalue weighted by atomic mass is 10.1. The molecule has 0 atom stereocenters. The van der Waals surface area contributed by atoms with E-state index in [4.69, 9.17) is 9.97 Å². The van der Waals surface area contributed by atoms with Gasteiger partial charge in [0.1, 0.15) is 0 Å². The second kappa shape index (κ2) is 6.05. The quantitative estimate of drug-likeness (QED) is 0.366. The van der Waals surface area contributed by atoms with E-state index < -0.39 is 0 Å². The van der Waals surface area contributed by atoms with Crippen LogP contribution in [0.2, 0.25) is 0 Å². The van der Waals surface area contributed by atoms with Crippen molar-refractivity contribution in [2.24, 2.45) is 0 Å². The Kier molecular flexibility index (Phi) is 3.31. The van der Waals surface area contributed by atoms with E-state index >= 15 is 0 Å². The number of hydrogen-bond acceptors (Lipinski definition) is 2. The average molecular weight is 390 g/mol. The van der Waals surface area contributed by atoms with Crippen molar-refractivity contribution in [3.05, 3.63) is 70.3 Å². The van der Waals surface area contributed by atoms with Gasteiger partial charge in [-0.05, 0) is 98.2 Å². The fourth-order valence-electron chi connectivity index (χ4n) is 4.72. The predicted octanol–water partition coefficient (Wildman–Crippen LogP) is 6.41. The van der Waals surface area contributed by atoms with Crippen LogP contribution < -0.4 is 0 Å². The van der Waals surface area contributed by atoms with Crippen molar-refractivity contribution in [3.63, 3.8) is 0 Å². The number of nitrogens with zero attached hydrogens (tertiary/aromatic N) is 2. The van der Waals surface area contributed by atoms with E-state index in [1.54, 1.807) is 0 Å². The lowest BCUT2D eigenvalue weighted by Crippen LogP contribution is -1.88. The van der Waals surface area contributed by atoms with Crippen molar-refractivity contribution in [3.8, 4) is 0 Å². The third-order valence-corrected chi connectivity index (χ3v) is 6.45. The zero-order valence-corrected chi connectivity index (χ0v) is 16.7. The Morgan fingerprint density at radius 3 is 1.50 bits per heavy atom. The smallest absolute Gasteiger partial charge is 0.0693 e. The van der Waals surface area contributed by atoms with Crippen molar-refractivity contribution in [1.82, 2.24) is 19.9 Å². The average Bonchev–Trinajstić information content (AvgIpc) is 3.51. The summed E-state index contributed by atoms with van der Waals surface area (Å²) in [5, 5.41) is 0. The normalized spacial score (nSPS) is 17.6. The van der Waals surface area contributed by atoms with Crippen LogP contribution in [0.5, 0.6) is 0 Å². The van der Waals surface area contributed by atoms with E-state index in [0.717, 1.165) is 33.8 Å². The van der Waals surface area contributed by atoms with Gasteiger partial charge in [-0.2, -0.15) is 0 Å². The number of fused-ring (bicyclic) bond motifs is 8. The Balaban J connectivity index is 1.58. The van der Waals surface area contributed by atoms with Crippen LogP contribution in [0.3, 0.4) is 0 Å². The fraction of sp³-hybridized carbons (Fsp3) is 0.231. The summed E-state index contributed by atoms with van der Waals surface area (Å²) >= 11 is 0. The van der Waals surface area contributed by atoms with Crippen molar-refractivity contribution in [2.45, 2.75) is 37.5 Å². The highest BCUT2D eigenvalue weighted by atomic mass is 14.8. The Morgan fingerprint density at radius 1 is 0.600 bits per heavy atom. The van der Waals surface area contributed by atoms with E-state index in [9.17, 15) is 0 Å². The number of rotatable bonds is 2. The lowest BCUT2D eigenvalue weighted by molar-refractivity contribution is 1.10. The molecule has 3 aromatic heterocycles. The number of nitrogens with one attached hydrogen (secondary N) is 2. The Hall–Kier alpha value is -3.40. The van der Waals surface area contributed by atoms with Crippen LogP contribution in [-0.4, -0.2) is 19.9 Å². The summed E-state index contributed by atoms with van der Waals surface area (Å²) in [5.74, 6) is 1.21. The van der Waals surface area contributed by atoms with E-state index in [1.165, 1.54) is 47.8 Å².